The van der Waals surface area contributed by atoms with Crippen molar-refractivity contribution in [2.45, 2.75) is 16.7 Å². The Balaban J connectivity index is 2.56. The molecule has 0 radical (unpaired) electrons. The lowest BCUT2D eigenvalue weighted by atomic mass is 10.2. The van der Waals surface area contributed by atoms with Crippen LogP contribution < -0.4 is 0 Å². The van der Waals surface area contributed by atoms with E-state index >= 15 is 0 Å². The van der Waals surface area contributed by atoms with Gasteiger partial charge in [0, 0.05) is 0 Å². The van der Waals surface area contributed by atoms with Crippen molar-refractivity contribution in [2.24, 2.45) is 0 Å². The van der Waals surface area contributed by atoms with Crippen molar-refractivity contribution < 1.29 is 13.2 Å². The lowest BCUT2D eigenvalue weighted by Gasteiger charge is -2.07. The average Bonchev–Trinajstić information content (AvgIpc) is 2.46. The highest BCUT2D eigenvalue weighted by atomic mass is 32.2. The second kappa shape index (κ2) is 5.84. The van der Waals surface area contributed by atoms with Crippen molar-refractivity contribution >= 4 is 21.7 Å². The third-order valence-electron chi connectivity index (χ3n) is 2.76. The number of sulfone groups is 1. The van der Waals surface area contributed by atoms with Gasteiger partial charge in [-0.25, -0.2) is 8.42 Å². The molecule has 0 spiro atoms. The Morgan fingerprint density at radius 2 is 1.55 bits per heavy atom. The minimum Gasteiger partial charge on any atom is -0.295 e. The van der Waals surface area contributed by atoms with Crippen molar-refractivity contribution in [3.05, 3.63) is 66.2 Å². The van der Waals surface area contributed by atoms with E-state index < -0.39 is 9.84 Å². The van der Waals surface area contributed by atoms with E-state index in [0.717, 1.165) is 0 Å². The molecule has 0 saturated heterocycles. The molecule has 3 nitrogen and oxygen atoms in total. The van der Waals surface area contributed by atoms with Gasteiger partial charge in [-0.1, -0.05) is 42.5 Å². The smallest absolute Gasteiger partial charge is 0.207 e. The Morgan fingerprint density at radius 1 is 0.950 bits per heavy atom. The van der Waals surface area contributed by atoms with Crippen LogP contribution in [-0.2, 0) is 14.6 Å². The minimum absolute atomic E-state index is 0.128. The van der Waals surface area contributed by atoms with Crippen molar-refractivity contribution in [2.75, 3.05) is 0 Å². The van der Waals surface area contributed by atoms with Gasteiger partial charge in [0.25, 0.3) is 0 Å². The van der Waals surface area contributed by atoms with Crippen LogP contribution in [0.15, 0.2) is 70.5 Å². The van der Waals surface area contributed by atoms with Gasteiger partial charge in [0.15, 0.2) is 5.78 Å². The highest BCUT2D eigenvalue weighted by molar-refractivity contribution is 7.91. The predicted octanol–water partition coefficient (Wildman–Crippen LogP) is 3.12. The molecule has 0 aliphatic heterocycles. The second-order valence-electron chi connectivity index (χ2n) is 4.30. The van der Waals surface area contributed by atoms with Gasteiger partial charge in [0.05, 0.1) is 9.79 Å². The van der Waals surface area contributed by atoms with E-state index in [-0.39, 0.29) is 15.6 Å². The maximum Gasteiger partial charge on any atom is 0.207 e. The summed E-state index contributed by atoms with van der Waals surface area (Å²) in [4.78, 5) is 11.4. The third kappa shape index (κ3) is 3.03. The monoisotopic (exact) mass is 286 g/mol. The summed E-state index contributed by atoms with van der Waals surface area (Å²) in [5.41, 5.74) is 0.506. The van der Waals surface area contributed by atoms with Crippen LogP contribution in [0.3, 0.4) is 0 Å². The van der Waals surface area contributed by atoms with Gasteiger partial charge in [-0.3, -0.25) is 4.79 Å². The van der Waals surface area contributed by atoms with Crippen molar-refractivity contribution in [1.82, 2.24) is 0 Å². The molecule has 0 aliphatic rings. The molecule has 0 N–H and O–H groups in total. The molecule has 2 aromatic rings. The van der Waals surface area contributed by atoms with Crippen LogP contribution in [0.5, 0.6) is 0 Å². The summed E-state index contributed by atoms with van der Waals surface area (Å²) < 4.78 is 25.2. The van der Waals surface area contributed by atoms with E-state index in [1.807, 2.05) is 0 Å². The van der Waals surface area contributed by atoms with Crippen molar-refractivity contribution in [3.63, 3.8) is 0 Å². The van der Waals surface area contributed by atoms with Crippen LogP contribution in [0.2, 0.25) is 0 Å². The first-order valence-electron chi connectivity index (χ1n) is 6.09. The molecule has 0 atom stereocenters. The molecule has 0 bridgehead atoms. The molecular weight excluding hydrogens is 272 g/mol. The zero-order valence-electron chi connectivity index (χ0n) is 11.0. The van der Waals surface area contributed by atoms with E-state index in [2.05, 4.69) is 0 Å². The molecule has 0 aliphatic carbocycles. The largest absolute Gasteiger partial charge is 0.295 e. The molecule has 102 valence electrons. The van der Waals surface area contributed by atoms with Gasteiger partial charge in [-0.15, -0.1) is 0 Å². The lowest BCUT2D eigenvalue weighted by Crippen LogP contribution is -2.03. The molecule has 2 aromatic carbocycles. The SMILES string of the molecule is CC(=O)C=Cc1ccccc1S(=O)(=O)c1ccccc1. The number of hydrogen-bond donors (Lipinski definition) is 0. The summed E-state index contributed by atoms with van der Waals surface area (Å²) in [5, 5.41) is 0. The average molecular weight is 286 g/mol. The summed E-state index contributed by atoms with van der Waals surface area (Å²) >= 11 is 0. The number of ketones is 1. The molecule has 0 heterocycles. The van der Waals surface area contributed by atoms with E-state index in [0.29, 0.717) is 5.56 Å². The molecule has 0 saturated carbocycles. The number of rotatable bonds is 4. The summed E-state index contributed by atoms with van der Waals surface area (Å²) in [6.45, 7) is 1.42. The number of hydrogen-bond acceptors (Lipinski definition) is 3. The minimum atomic E-state index is -3.58. The maximum atomic E-state index is 12.6. The van der Waals surface area contributed by atoms with Crippen LogP contribution in [0.4, 0.5) is 0 Å². The first-order chi connectivity index (χ1) is 9.51. The second-order valence-corrected chi connectivity index (χ2v) is 6.22. The Hall–Kier alpha value is -2.20. The maximum absolute atomic E-state index is 12.6. The fraction of sp³-hybridized carbons (Fsp3) is 0.0625. The topological polar surface area (TPSA) is 51.2 Å². The third-order valence-corrected chi connectivity index (χ3v) is 4.60. The predicted molar refractivity (Wildman–Crippen MR) is 78.1 cm³/mol. The summed E-state index contributed by atoms with van der Waals surface area (Å²) in [5.74, 6) is -0.128. The van der Waals surface area contributed by atoms with E-state index in [1.165, 1.54) is 19.1 Å². The Kier molecular flexibility index (Phi) is 4.15. The quantitative estimate of drug-likeness (QED) is 0.811. The molecule has 4 heteroatoms. The highest BCUT2D eigenvalue weighted by Crippen LogP contribution is 2.24. The number of benzene rings is 2. The van der Waals surface area contributed by atoms with Crippen LogP contribution in [0.1, 0.15) is 12.5 Å². The van der Waals surface area contributed by atoms with Gasteiger partial charge < -0.3 is 0 Å². The summed E-state index contributed by atoms with van der Waals surface area (Å²) in [7, 11) is -3.58. The Labute approximate surface area is 118 Å². The number of carbonyl (C=O) groups excluding carboxylic acids is 1. The van der Waals surface area contributed by atoms with Gasteiger partial charge in [0.1, 0.15) is 0 Å². The molecular formula is C16H14O3S. The van der Waals surface area contributed by atoms with E-state index in [9.17, 15) is 13.2 Å². The number of allylic oxidation sites excluding steroid dienone is 1. The normalized spacial score (nSPS) is 11.7. The highest BCUT2D eigenvalue weighted by Gasteiger charge is 2.19. The van der Waals surface area contributed by atoms with Gasteiger partial charge >= 0.3 is 0 Å². The summed E-state index contributed by atoms with van der Waals surface area (Å²) in [6, 6.07) is 14.9. The molecule has 0 fully saturated rings. The summed E-state index contributed by atoms with van der Waals surface area (Å²) in [6.07, 6.45) is 2.89. The van der Waals surface area contributed by atoms with Crippen molar-refractivity contribution in [1.29, 1.82) is 0 Å². The van der Waals surface area contributed by atoms with Crippen molar-refractivity contribution in [3.8, 4) is 0 Å². The van der Waals surface area contributed by atoms with E-state index in [4.69, 9.17) is 0 Å². The Morgan fingerprint density at radius 3 is 2.20 bits per heavy atom. The molecule has 20 heavy (non-hydrogen) atoms. The van der Waals surface area contributed by atoms with Crippen LogP contribution in [-0.4, -0.2) is 14.2 Å². The zero-order chi connectivity index (χ0) is 14.6. The van der Waals surface area contributed by atoms with Gasteiger partial charge in [-0.2, -0.15) is 0 Å². The Bertz CT molecular complexity index is 744. The fourth-order valence-electron chi connectivity index (χ4n) is 1.80. The lowest BCUT2D eigenvalue weighted by molar-refractivity contribution is -0.112. The van der Waals surface area contributed by atoms with E-state index in [1.54, 1.807) is 54.6 Å². The van der Waals surface area contributed by atoms with Crippen LogP contribution in [0, 0.1) is 0 Å². The molecule has 2 rings (SSSR count). The van der Waals surface area contributed by atoms with Gasteiger partial charge in [0.2, 0.25) is 9.84 Å². The molecule has 0 aromatic heterocycles. The fourth-order valence-corrected chi connectivity index (χ4v) is 3.27. The molecule has 0 amide bonds. The standard InChI is InChI=1S/C16H14O3S/c1-13(17)11-12-14-7-5-6-10-16(14)20(18,19)15-8-3-2-4-9-15/h2-12H,1H3. The zero-order valence-corrected chi connectivity index (χ0v) is 11.8. The first kappa shape index (κ1) is 14.2. The van der Waals surface area contributed by atoms with Gasteiger partial charge in [-0.05, 0) is 36.8 Å². The van der Waals surface area contributed by atoms with Crippen LogP contribution >= 0.6 is 0 Å². The number of carbonyl (C=O) groups is 1. The van der Waals surface area contributed by atoms with Crippen LogP contribution in [0.25, 0.3) is 6.08 Å². The first-order valence-corrected chi connectivity index (χ1v) is 7.58. The molecule has 0 unspecified atom stereocenters.